The minimum absolute atomic E-state index is 0.0897. The Hall–Kier alpha value is -2.10. The van der Waals surface area contributed by atoms with Crippen molar-refractivity contribution < 1.29 is 41.3 Å². The van der Waals surface area contributed by atoms with Gasteiger partial charge in [-0.3, -0.25) is 4.90 Å². The molecule has 0 aromatic heterocycles. The summed E-state index contributed by atoms with van der Waals surface area (Å²) in [7, 11) is 0. The maximum absolute atomic E-state index is 12.5. The first-order valence-corrected chi connectivity index (χ1v) is 7.40. The van der Waals surface area contributed by atoms with E-state index in [1.807, 2.05) is 0 Å². The maximum Gasteiger partial charge on any atom is 0.416 e. The average Bonchev–Trinajstić information content (AvgIpc) is 2.53. The third-order valence-electron chi connectivity index (χ3n) is 3.81. The molecule has 1 amide bonds. The number of ether oxygens (including phenoxy) is 2. The lowest BCUT2D eigenvalue weighted by Crippen LogP contribution is -2.51. The molecule has 1 heterocycles. The normalized spacial score (nSPS) is 21.4. The highest BCUT2D eigenvalue weighted by Gasteiger charge is 2.34. The van der Waals surface area contributed by atoms with Crippen molar-refractivity contribution >= 4 is 6.09 Å². The van der Waals surface area contributed by atoms with Gasteiger partial charge in [-0.2, -0.15) is 22.0 Å². The molecule has 0 unspecified atom stereocenters. The van der Waals surface area contributed by atoms with Crippen LogP contribution < -0.4 is 4.74 Å². The summed E-state index contributed by atoms with van der Waals surface area (Å²) in [5, 5.41) is 9.19. The Bertz CT molecular complexity index is 578. The minimum atomic E-state index is -4.46. The molecule has 5 nitrogen and oxygen atoms in total. The molecule has 1 fully saturated rings. The Morgan fingerprint density at radius 3 is 2.40 bits per heavy atom. The number of halogens is 5. The van der Waals surface area contributed by atoms with Gasteiger partial charge in [0.15, 0.2) is 0 Å². The monoisotopic (exact) mass is 369 g/mol. The topological polar surface area (TPSA) is 59.0 Å². The summed E-state index contributed by atoms with van der Waals surface area (Å²) in [6.07, 6.45) is -5.74. The van der Waals surface area contributed by atoms with Crippen LogP contribution >= 0.6 is 0 Å². The Morgan fingerprint density at radius 2 is 1.88 bits per heavy atom. The zero-order valence-electron chi connectivity index (χ0n) is 12.9. The molecule has 25 heavy (non-hydrogen) atoms. The van der Waals surface area contributed by atoms with E-state index in [1.54, 1.807) is 0 Å². The third-order valence-corrected chi connectivity index (χ3v) is 3.81. The van der Waals surface area contributed by atoms with E-state index in [-0.39, 0.29) is 18.7 Å². The number of amides is 1. The first-order chi connectivity index (χ1) is 11.7. The number of carbonyl (C=O) groups is 1. The highest BCUT2D eigenvalue weighted by atomic mass is 19.4. The molecule has 2 atom stereocenters. The number of carboxylic acid groups (broad SMARTS) is 1. The molecule has 1 aromatic rings. The van der Waals surface area contributed by atoms with Crippen molar-refractivity contribution in [1.29, 1.82) is 0 Å². The third kappa shape index (κ3) is 5.45. The van der Waals surface area contributed by atoms with Gasteiger partial charge in [-0.05, 0) is 37.1 Å². The second-order valence-electron chi connectivity index (χ2n) is 5.52. The largest absolute Gasteiger partial charge is 0.489 e. The van der Waals surface area contributed by atoms with Gasteiger partial charge in [0.1, 0.15) is 11.9 Å². The Kier molecular flexibility index (Phi) is 6.04. The van der Waals surface area contributed by atoms with Crippen molar-refractivity contribution in [3.05, 3.63) is 29.8 Å². The van der Waals surface area contributed by atoms with E-state index in [4.69, 9.17) is 4.74 Å². The van der Waals surface area contributed by atoms with Crippen molar-refractivity contribution in [2.24, 2.45) is 0 Å². The molecule has 140 valence electrons. The zero-order valence-corrected chi connectivity index (χ0v) is 12.9. The molecule has 0 aliphatic carbocycles. The Morgan fingerprint density at radius 1 is 1.24 bits per heavy atom. The van der Waals surface area contributed by atoms with Crippen LogP contribution in [0.25, 0.3) is 0 Å². The molecule has 2 rings (SSSR count). The van der Waals surface area contributed by atoms with Gasteiger partial charge in [0.25, 0.3) is 0 Å². The number of piperidine rings is 1. The SMILES string of the molecule is O=C(O)N1C[C@@H](Oc2ccc(C(F)(F)F)cc2)CC[C@H]1COC(F)F. The van der Waals surface area contributed by atoms with Crippen LogP contribution in [0.2, 0.25) is 0 Å². The average molecular weight is 369 g/mol. The van der Waals surface area contributed by atoms with Crippen LogP contribution in [0.15, 0.2) is 24.3 Å². The lowest BCUT2D eigenvalue weighted by Gasteiger charge is -2.37. The van der Waals surface area contributed by atoms with Crippen LogP contribution in [-0.4, -0.2) is 48.0 Å². The minimum Gasteiger partial charge on any atom is -0.489 e. The van der Waals surface area contributed by atoms with Crippen molar-refractivity contribution in [2.75, 3.05) is 13.2 Å². The van der Waals surface area contributed by atoms with Gasteiger partial charge in [0, 0.05) is 0 Å². The lowest BCUT2D eigenvalue weighted by molar-refractivity contribution is -0.143. The molecule has 1 N–H and O–H groups in total. The van der Waals surface area contributed by atoms with Crippen LogP contribution in [0.4, 0.5) is 26.7 Å². The van der Waals surface area contributed by atoms with Crippen molar-refractivity contribution in [2.45, 2.75) is 37.8 Å². The summed E-state index contributed by atoms with van der Waals surface area (Å²) in [5.41, 5.74) is -0.820. The quantitative estimate of drug-likeness (QED) is 0.802. The smallest absolute Gasteiger partial charge is 0.416 e. The molecule has 1 saturated heterocycles. The molecular weight excluding hydrogens is 353 g/mol. The van der Waals surface area contributed by atoms with Crippen LogP contribution in [0.1, 0.15) is 18.4 Å². The fraction of sp³-hybridized carbons (Fsp3) is 0.533. The standard InChI is InChI=1S/C15H16F5NO4/c16-13(17)24-8-10-3-6-12(7-21(10)14(22)23)25-11-4-1-9(2-5-11)15(18,19)20/h1-2,4-5,10,12-13H,3,6-8H2,(H,22,23)/t10-,12-/m0/s1. The van der Waals surface area contributed by atoms with Crippen LogP contribution in [0.3, 0.4) is 0 Å². The number of likely N-dealkylation sites (tertiary alicyclic amines) is 1. The fourth-order valence-electron chi connectivity index (χ4n) is 2.60. The van der Waals surface area contributed by atoms with Crippen LogP contribution in [0, 0.1) is 0 Å². The molecule has 0 bridgehead atoms. The molecule has 1 aromatic carbocycles. The Labute approximate surface area is 139 Å². The van der Waals surface area contributed by atoms with Crippen LogP contribution in [-0.2, 0) is 10.9 Å². The van der Waals surface area contributed by atoms with Gasteiger partial charge in [0.2, 0.25) is 0 Å². The number of benzene rings is 1. The second kappa shape index (κ2) is 7.85. The number of hydrogen-bond donors (Lipinski definition) is 1. The van der Waals surface area contributed by atoms with Crippen molar-refractivity contribution in [3.8, 4) is 5.75 Å². The van der Waals surface area contributed by atoms with E-state index in [9.17, 15) is 31.9 Å². The summed E-state index contributed by atoms with van der Waals surface area (Å²) in [4.78, 5) is 12.2. The van der Waals surface area contributed by atoms with Crippen molar-refractivity contribution in [1.82, 2.24) is 4.90 Å². The molecular formula is C15H16F5NO4. The van der Waals surface area contributed by atoms with Gasteiger partial charge < -0.3 is 14.6 Å². The van der Waals surface area contributed by atoms with E-state index < -0.39 is 43.2 Å². The van der Waals surface area contributed by atoms with Gasteiger partial charge in [-0.1, -0.05) is 0 Å². The first kappa shape index (κ1) is 19.2. The first-order valence-electron chi connectivity index (χ1n) is 7.40. The Balaban J connectivity index is 1.96. The summed E-state index contributed by atoms with van der Waals surface area (Å²) in [6, 6.07) is 3.32. The van der Waals surface area contributed by atoms with Gasteiger partial charge in [0.05, 0.1) is 24.8 Å². The molecule has 0 saturated carbocycles. The highest BCUT2D eigenvalue weighted by Crippen LogP contribution is 2.31. The van der Waals surface area contributed by atoms with Crippen LogP contribution in [0.5, 0.6) is 5.75 Å². The van der Waals surface area contributed by atoms with E-state index in [0.29, 0.717) is 6.42 Å². The van der Waals surface area contributed by atoms with E-state index in [0.717, 1.165) is 29.2 Å². The summed E-state index contributed by atoms with van der Waals surface area (Å²) < 4.78 is 71.4. The summed E-state index contributed by atoms with van der Waals surface area (Å²) in [6.45, 7) is -3.51. The summed E-state index contributed by atoms with van der Waals surface area (Å²) >= 11 is 0. The molecule has 0 spiro atoms. The number of hydrogen-bond acceptors (Lipinski definition) is 3. The second-order valence-corrected chi connectivity index (χ2v) is 5.52. The number of nitrogens with zero attached hydrogens (tertiary/aromatic N) is 1. The van der Waals surface area contributed by atoms with Gasteiger partial charge in [-0.15, -0.1) is 0 Å². The highest BCUT2D eigenvalue weighted by molar-refractivity contribution is 5.65. The fourth-order valence-corrected chi connectivity index (χ4v) is 2.60. The maximum atomic E-state index is 12.5. The molecule has 1 aliphatic rings. The molecule has 1 aliphatic heterocycles. The van der Waals surface area contributed by atoms with E-state index >= 15 is 0 Å². The summed E-state index contributed by atoms with van der Waals surface area (Å²) in [5.74, 6) is 0.172. The van der Waals surface area contributed by atoms with E-state index in [1.165, 1.54) is 0 Å². The number of rotatable bonds is 5. The van der Waals surface area contributed by atoms with Crippen molar-refractivity contribution in [3.63, 3.8) is 0 Å². The zero-order chi connectivity index (χ0) is 18.6. The van der Waals surface area contributed by atoms with Gasteiger partial charge in [-0.25, -0.2) is 4.79 Å². The predicted molar refractivity (Wildman–Crippen MR) is 75.6 cm³/mol. The van der Waals surface area contributed by atoms with Gasteiger partial charge >= 0.3 is 18.9 Å². The number of alkyl halides is 5. The lowest BCUT2D eigenvalue weighted by atomic mass is 10.0. The molecule has 0 radical (unpaired) electrons. The van der Waals surface area contributed by atoms with E-state index in [2.05, 4.69) is 4.74 Å². The molecule has 10 heteroatoms. The predicted octanol–water partition coefficient (Wildman–Crippen LogP) is 3.83.